The van der Waals surface area contributed by atoms with E-state index < -0.39 is 0 Å². The Bertz CT molecular complexity index is 953. The van der Waals surface area contributed by atoms with Crippen molar-refractivity contribution < 1.29 is 13.9 Å². The molecule has 0 saturated carbocycles. The number of benzene rings is 2. The number of ether oxygens (including phenoxy) is 1. The minimum absolute atomic E-state index is 0.214. The fourth-order valence-corrected chi connectivity index (χ4v) is 2.61. The number of carbonyl (C=O) groups is 1. The summed E-state index contributed by atoms with van der Waals surface area (Å²) in [5.41, 5.74) is 2.84. The number of halogens is 1. The molecule has 0 saturated heterocycles. The maximum absolute atomic E-state index is 13.2. The molecule has 0 aliphatic heterocycles. The molecule has 3 rings (SSSR count). The van der Waals surface area contributed by atoms with Gasteiger partial charge in [-0.3, -0.25) is 9.78 Å². The molecule has 1 amide bonds. The predicted molar refractivity (Wildman–Crippen MR) is 104 cm³/mol. The summed E-state index contributed by atoms with van der Waals surface area (Å²) in [6.45, 7) is 5.96. The first-order chi connectivity index (χ1) is 12.9. The molecule has 0 atom stereocenters. The lowest BCUT2D eigenvalue weighted by atomic mass is 10.1. The molecule has 0 spiro atoms. The van der Waals surface area contributed by atoms with Crippen LogP contribution in [0.15, 0.2) is 60.7 Å². The topological polar surface area (TPSA) is 51.2 Å². The molecule has 0 bridgehead atoms. The van der Waals surface area contributed by atoms with Crippen molar-refractivity contribution in [3.8, 4) is 11.5 Å². The molecule has 0 fully saturated rings. The second-order valence-electron chi connectivity index (χ2n) is 6.56. The summed E-state index contributed by atoms with van der Waals surface area (Å²) >= 11 is 0. The van der Waals surface area contributed by atoms with Gasteiger partial charge in [0.2, 0.25) is 0 Å². The van der Waals surface area contributed by atoms with E-state index in [1.54, 1.807) is 42.5 Å². The summed E-state index contributed by atoms with van der Waals surface area (Å²) in [5, 5.41) is 2.85. The number of pyridine rings is 1. The quantitative estimate of drug-likeness (QED) is 0.632. The first-order valence-electron chi connectivity index (χ1n) is 8.75. The summed E-state index contributed by atoms with van der Waals surface area (Å²) in [5.74, 6) is 0.709. The highest BCUT2D eigenvalue weighted by atomic mass is 19.1. The maximum atomic E-state index is 13.2. The first kappa shape index (κ1) is 18.6. The summed E-state index contributed by atoms with van der Waals surface area (Å²) in [7, 11) is 0. The summed E-state index contributed by atoms with van der Waals surface area (Å²) in [6.07, 6.45) is 0. The molecule has 1 aromatic heterocycles. The van der Waals surface area contributed by atoms with E-state index in [1.165, 1.54) is 12.1 Å². The van der Waals surface area contributed by atoms with Crippen molar-refractivity contribution in [2.45, 2.75) is 26.7 Å². The van der Waals surface area contributed by atoms with E-state index in [0.29, 0.717) is 34.4 Å². The van der Waals surface area contributed by atoms with Crippen LogP contribution in [0.1, 0.15) is 41.5 Å². The van der Waals surface area contributed by atoms with Gasteiger partial charge in [0.1, 0.15) is 17.3 Å². The van der Waals surface area contributed by atoms with Crippen molar-refractivity contribution in [3.05, 3.63) is 83.4 Å². The van der Waals surface area contributed by atoms with Gasteiger partial charge in [0.25, 0.3) is 5.91 Å². The second-order valence-corrected chi connectivity index (χ2v) is 6.56. The molecule has 1 N–H and O–H groups in total. The Kier molecular flexibility index (Phi) is 5.50. The molecule has 2 aromatic carbocycles. The number of hydrogen-bond acceptors (Lipinski definition) is 3. The van der Waals surface area contributed by atoms with Gasteiger partial charge in [-0.2, -0.15) is 0 Å². The molecule has 4 nitrogen and oxygen atoms in total. The molecule has 0 aliphatic rings. The van der Waals surface area contributed by atoms with Gasteiger partial charge in [-0.15, -0.1) is 0 Å². The zero-order valence-electron chi connectivity index (χ0n) is 15.5. The van der Waals surface area contributed by atoms with Crippen LogP contribution in [0.5, 0.6) is 11.5 Å². The van der Waals surface area contributed by atoms with Crippen LogP contribution in [0, 0.1) is 12.7 Å². The minimum atomic E-state index is -0.358. The lowest BCUT2D eigenvalue weighted by molar-refractivity contribution is 0.102. The lowest BCUT2D eigenvalue weighted by Crippen LogP contribution is -2.14. The number of amides is 1. The summed E-state index contributed by atoms with van der Waals surface area (Å²) in [4.78, 5) is 17.0. The van der Waals surface area contributed by atoms with Crippen LogP contribution in [-0.2, 0) is 0 Å². The van der Waals surface area contributed by atoms with Gasteiger partial charge in [-0.05, 0) is 61.4 Å². The van der Waals surface area contributed by atoms with Gasteiger partial charge in [-0.25, -0.2) is 4.39 Å². The van der Waals surface area contributed by atoms with Crippen molar-refractivity contribution in [2.24, 2.45) is 0 Å². The van der Waals surface area contributed by atoms with Crippen molar-refractivity contribution in [1.82, 2.24) is 4.98 Å². The average molecular weight is 364 g/mol. The van der Waals surface area contributed by atoms with Gasteiger partial charge < -0.3 is 10.1 Å². The number of nitrogens with zero attached hydrogens (tertiary/aromatic N) is 1. The number of nitrogens with one attached hydrogen (secondary N) is 1. The van der Waals surface area contributed by atoms with Gasteiger partial charge in [0.15, 0.2) is 0 Å². The van der Waals surface area contributed by atoms with Crippen molar-refractivity contribution in [1.29, 1.82) is 0 Å². The highest BCUT2D eigenvalue weighted by Gasteiger charge is 2.12. The second kappa shape index (κ2) is 7.99. The fraction of sp³-hybridized carbons (Fsp3) is 0.182. The Morgan fingerprint density at radius 2 is 1.78 bits per heavy atom. The largest absolute Gasteiger partial charge is 0.457 e. The Balaban J connectivity index is 1.68. The lowest BCUT2D eigenvalue weighted by Gasteiger charge is -2.11. The van der Waals surface area contributed by atoms with Crippen LogP contribution in [0.3, 0.4) is 0 Å². The van der Waals surface area contributed by atoms with E-state index in [2.05, 4.69) is 24.1 Å². The maximum Gasteiger partial charge on any atom is 0.257 e. The zero-order valence-corrected chi connectivity index (χ0v) is 15.5. The smallest absolute Gasteiger partial charge is 0.257 e. The molecule has 0 aliphatic carbocycles. The molecule has 0 radical (unpaired) electrons. The highest BCUT2D eigenvalue weighted by molar-refractivity contribution is 6.05. The van der Waals surface area contributed by atoms with Crippen LogP contribution in [0.25, 0.3) is 0 Å². The number of aromatic nitrogens is 1. The summed E-state index contributed by atoms with van der Waals surface area (Å²) < 4.78 is 18.8. The molecular weight excluding hydrogens is 343 g/mol. The molecule has 1 heterocycles. The Morgan fingerprint density at radius 3 is 2.41 bits per heavy atom. The van der Waals surface area contributed by atoms with Crippen LogP contribution < -0.4 is 10.1 Å². The van der Waals surface area contributed by atoms with E-state index in [1.807, 2.05) is 13.0 Å². The van der Waals surface area contributed by atoms with Crippen LogP contribution in [0.2, 0.25) is 0 Å². The summed E-state index contributed by atoms with van der Waals surface area (Å²) in [6, 6.07) is 16.5. The molecule has 27 heavy (non-hydrogen) atoms. The molecule has 5 heteroatoms. The average Bonchev–Trinajstić information content (AvgIpc) is 2.63. The Labute approximate surface area is 158 Å². The first-order valence-corrected chi connectivity index (χ1v) is 8.75. The third-order valence-electron chi connectivity index (χ3n) is 4.09. The van der Waals surface area contributed by atoms with Crippen molar-refractivity contribution >= 4 is 11.6 Å². The predicted octanol–water partition coefficient (Wildman–Crippen LogP) is 5.70. The number of aryl methyl sites for hydroxylation is 1. The molecule has 138 valence electrons. The number of hydrogen-bond donors (Lipinski definition) is 1. The van der Waals surface area contributed by atoms with E-state index >= 15 is 0 Å². The van der Waals surface area contributed by atoms with Gasteiger partial charge in [-0.1, -0.05) is 19.9 Å². The third kappa shape index (κ3) is 4.70. The number of rotatable bonds is 5. The number of anilines is 1. The fourth-order valence-electron chi connectivity index (χ4n) is 2.61. The van der Waals surface area contributed by atoms with E-state index in [-0.39, 0.29) is 11.7 Å². The zero-order chi connectivity index (χ0) is 19.4. The molecule has 0 unspecified atom stereocenters. The molecule has 3 aromatic rings. The Morgan fingerprint density at radius 1 is 1.04 bits per heavy atom. The van der Waals surface area contributed by atoms with Gasteiger partial charge >= 0.3 is 0 Å². The number of carbonyl (C=O) groups excluding carboxylic acids is 1. The SMILES string of the molecule is Cc1nc(C(C)C)ccc1C(=O)Nc1ccc(Oc2cccc(F)c2)cc1. The monoisotopic (exact) mass is 364 g/mol. The molecular formula is C22H21FN2O2. The van der Waals surface area contributed by atoms with Crippen molar-refractivity contribution in [3.63, 3.8) is 0 Å². The third-order valence-corrected chi connectivity index (χ3v) is 4.09. The van der Waals surface area contributed by atoms with Gasteiger partial charge in [0, 0.05) is 17.4 Å². The highest BCUT2D eigenvalue weighted by Crippen LogP contribution is 2.24. The van der Waals surface area contributed by atoms with E-state index in [0.717, 1.165) is 5.69 Å². The van der Waals surface area contributed by atoms with Crippen LogP contribution in [-0.4, -0.2) is 10.9 Å². The van der Waals surface area contributed by atoms with Crippen LogP contribution >= 0.6 is 0 Å². The normalized spacial score (nSPS) is 10.7. The Hall–Kier alpha value is -3.21. The minimum Gasteiger partial charge on any atom is -0.457 e. The van der Waals surface area contributed by atoms with Gasteiger partial charge in [0.05, 0.1) is 11.3 Å². The van der Waals surface area contributed by atoms with Crippen LogP contribution in [0.4, 0.5) is 10.1 Å². The van der Waals surface area contributed by atoms with Crippen molar-refractivity contribution in [2.75, 3.05) is 5.32 Å². The van der Waals surface area contributed by atoms with E-state index in [4.69, 9.17) is 4.74 Å². The van der Waals surface area contributed by atoms with E-state index in [9.17, 15) is 9.18 Å². The standard InChI is InChI=1S/C22H21FN2O2/c1-14(2)21-12-11-20(15(3)24-21)22(26)25-17-7-9-18(10-8-17)27-19-6-4-5-16(23)13-19/h4-14H,1-3H3,(H,25,26).